The number of nitrogens with zero attached hydrogens (tertiary/aromatic N) is 2. The fraction of sp³-hybridized carbons (Fsp3) is 0.333. The molecule has 3 rings (SSSR count). The average molecular weight is 295 g/mol. The zero-order valence-corrected chi connectivity index (χ0v) is 12.6. The molecule has 1 fully saturated rings. The summed E-state index contributed by atoms with van der Waals surface area (Å²) in [5.41, 5.74) is 3.93. The molecular weight excluding hydrogens is 274 g/mol. The molecule has 4 nitrogen and oxygen atoms in total. The summed E-state index contributed by atoms with van der Waals surface area (Å²) >= 11 is 0. The van der Waals surface area contributed by atoms with Gasteiger partial charge in [-0.2, -0.15) is 5.10 Å². The minimum Gasteiger partial charge on any atom is -0.490 e. The van der Waals surface area contributed by atoms with Gasteiger partial charge in [-0.25, -0.2) is 4.98 Å². The van der Waals surface area contributed by atoms with Crippen LogP contribution >= 0.6 is 0 Å². The molecule has 0 aliphatic heterocycles. The summed E-state index contributed by atoms with van der Waals surface area (Å²) in [6.07, 6.45) is 10.2. The first kappa shape index (κ1) is 14.6. The number of rotatable bonds is 5. The quantitative estimate of drug-likeness (QED) is 0.663. The lowest BCUT2D eigenvalue weighted by atomic mass is 9.98. The summed E-state index contributed by atoms with van der Waals surface area (Å²) < 4.78 is 6.01. The van der Waals surface area contributed by atoms with E-state index in [9.17, 15) is 0 Å². The number of hydrazone groups is 1. The first-order valence-electron chi connectivity index (χ1n) is 7.87. The molecule has 1 aromatic heterocycles. The number of benzene rings is 1. The fourth-order valence-corrected chi connectivity index (χ4v) is 2.61. The normalized spacial score (nSPS) is 15.8. The monoisotopic (exact) mass is 295 g/mol. The van der Waals surface area contributed by atoms with Gasteiger partial charge in [-0.1, -0.05) is 12.5 Å². The van der Waals surface area contributed by atoms with Crippen LogP contribution in [-0.4, -0.2) is 17.3 Å². The van der Waals surface area contributed by atoms with Crippen LogP contribution in [0, 0.1) is 0 Å². The molecule has 4 heteroatoms. The molecule has 114 valence electrons. The third kappa shape index (κ3) is 4.32. The van der Waals surface area contributed by atoms with Crippen molar-refractivity contribution in [3.63, 3.8) is 0 Å². The summed E-state index contributed by atoms with van der Waals surface area (Å²) in [4.78, 5) is 4.14. The van der Waals surface area contributed by atoms with E-state index in [2.05, 4.69) is 15.5 Å². The minimum atomic E-state index is 0.388. The van der Waals surface area contributed by atoms with Crippen molar-refractivity contribution in [1.82, 2.24) is 4.98 Å². The van der Waals surface area contributed by atoms with Crippen molar-refractivity contribution in [1.29, 1.82) is 0 Å². The minimum absolute atomic E-state index is 0.388. The van der Waals surface area contributed by atoms with Gasteiger partial charge in [0.15, 0.2) is 0 Å². The van der Waals surface area contributed by atoms with E-state index in [0.717, 1.165) is 17.1 Å². The topological polar surface area (TPSA) is 46.5 Å². The van der Waals surface area contributed by atoms with Crippen LogP contribution < -0.4 is 10.2 Å². The van der Waals surface area contributed by atoms with Crippen molar-refractivity contribution in [3.05, 3.63) is 54.2 Å². The predicted molar refractivity (Wildman–Crippen MR) is 89.4 cm³/mol. The Bertz CT molecular complexity index is 589. The van der Waals surface area contributed by atoms with E-state index in [-0.39, 0.29) is 0 Å². The van der Waals surface area contributed by atoms with Crippen LogP contribution in [0.15, 0.2) is 53.8 Å². The van der Waals surface area contributed by atoms with E-state index in [1.54, 1.807) is 12.4 Å². The van der Waals surface area contributed by atoms with Crippen molar-refractivity contribution in [2.24, 2.45) is 5.10 Å². The van der Waals surface area contributed by atoms with Gasteiger partial charge in [-0.05, 0) is 67.6 Å². The lowest BCUT2D eigenvalue weighted by Crippen LogP contribution is -2.19. The first-order chi connectivity index (χ1) is 10.9. The summed E-state index contributed by atoms with van der Waals surface area (Å²) in [7, 11) is 0. The molecule has 0 atom stereocenters. The first-order valence-corrected chi connectivity index (χ1v) is 7.87. The van der Waals surface area contributed by atoms with Crippen LogP contribution in [0.2, 0.25) is 0 Å². The molecule has 1 aliphatic rings. The predicted octanol–water partition coefficient (Wildman–Crippen LogP) is 4.24. The molecule has 22 heavy (non-hydrogen) atoms. The average Bonchev–Trinajstić information content (AvgIpc) is 2.58. The van der Waals surface area contributed by atoms with Gasteiger partial charge in [-0.15, -0.1) is 0 Å². The van der Waals surface area contributed by atoms with Crippen molar-refractivity contribution >= 4 is 12.0 Å². The van der Waals surface area contributed by atoms with Crippen LogP contribution in [0.4, 0.5) is 5.82 Å². The molecule has 1 aromatic carbocycles. The van der Waals surface area contributed by atoms with E-state index in [0.29, 0.717) is 6.10 Å². The van der Waals surface area contributed by atoms with Gasteiger partial charge in [0.05, 0.1) is 12.3 Å². The molecule has 0 amide bonds. The second-order valence-electron chi connectivity index (χ2n) is 5.53. The number of nitrogens with one attached hydrogen (secondary N) is 1. The van der Waals surface area contributed by atoms with Crippen molar-refractivity contribution in [3.8, 4) is 5.75 Å². The van der Waals surface area contributed by atoms with Gasteiger partial charge in [0, 0.05) is 6.20 Å². The van der Waals surface area contributed by atoms with Crippen molar-refractivity contribution < 1.29 is 4.74 Å². The van der Waals surface area contributed by atoms with Gasteiger partial charge in [0.1, 0.15) is 11.6 Å². The lowest BCUT2D eigenvalue weighted by molar-refractivity contribution is 0.155. The Hall–Kier alpha value is -2.36. The van der Waals surface area contributed by atoms with E-state index in [1.807, 2.05) is 42.5 Å². The Morgan fingerprint density at radius 1 is 1.05 bits per heavy atom. The standard InChI is InChI=1S/C18H21N3O/c1-2-6-16(7-3-1)22-17-11-9-15(10-12-17)14-20-21-18-8-4-5-13-19-18/h4-5,8-14,16H,1-3,6-7H2,(H,19,21). The third-order valence-corrected chi connectivity index (χ3v) is 3.79. The van der Waals surface area contributed by atoms with Gasteiger partial charge in [0.2, 0.25) is 0 Å². The third-order valence-electron chi connectivity index (χ3n) is 3.79. The molecule has 0 radical (unpaired) electrons. The maximum atomic E-state index is 6.01. The number of aromatic nitrogens is 1. The molecule has 0 unspecified atom stereocenters. The number of hydrogen-bond donors (Lipinski definition) is 1. The molecule has 1 N–H and O–H groups in total. The zero-order chi connectivity index (χ0) is 15.0. The highest BCUT2D eigenvalue weighted by Gasteiger charge is 2.14. The van der Waals surface area contributed by atoms with Crippen molar-refractivity contribution in [2.75, 3.05) is 5.43 Å². The number of ether oxygens (including phenoxy) is 1. The van der Waals surface area contributed by atoms with Crippen LogP contribution in [-0.2, 0) is 0 Å². The molecule has 1 aliphatic carbocycles. The molecule has 0 spiro atoms. The van der Waals surface area contributed by atoms with Crippen LogP contribution in [0.1, 0.15) is 37.7 Å². The molecule has 1 saturated carbocycles. The summed E-state index contributed by atoms with van der Waals surface area (Å²) in [6.45, 7) is 0. The SMILES string of the molecule is C(=NNc1ccccn1)c1ccc(OC2CCCCC2)cc1. The van der Waals surface area contributed by atoms with Crippen molar-refractivity contribution in [2.45, 2.75) is 38.2 Å². The molecular formula is C18H21N3O. The second kappa shape index (κ2) is 7.59. The number of anilines is 1. The van der Waals surface area contributed by atoms with Crippen LogP contribution in [0.5, 0.6) is 5.75 Å². The molecule has 0 saturated heterocycles. The molecule has 2 aromatic rings. The Balaban J connectivity index is 1.52. The Morgan fingerprint density at radius 2 is 1.86 bits per heavy atom. The van der Waals surface area contributed by atoms with Crippen LogP contribution in [0.25, 0.3) is 0 Å². The highest BCUT2D eigenvalue weighted by Crippen LogP contribution is 2.23. The number of hydrogen-bond acceptors (Lipinski definition) is 4. The lowest BCUT2D eigenvalue weighted by Gasteiger charge is -2.22. The summed E-state index contributed by atoms with van der Waals surface area (Å²) in [6, 6.07) is 13.7. The fourth-order valence-electron chi connectivity index (χ4n) is 2.61. The van der Waals surface area contributed by atoms with E-state index in [4.69, 9.17) is 4.74 Å². The van der Waals surface area contributed by atoms with Gasteiger partial charge >= 0.3 is 0 Å². The maximum absolute atomic E-state index is 6.01. The molecule has 0 bridgehead atoms. The van der Waals surface area contributed by atoms with Gasteiger partial charge < -0.3 is 4.74 Å². The Labute approximate surface area is 131 Å². The molecule has 1 heterocycles. The summed E-state index contributed by atoms with van der Waals surface area (Å²) in [5, 5.41) is 4.18. The van der Waals surface area contributed by atoms with E-state index < -0.39 is 0 Å². The Kier molecular flexibility index (Phi) is 5.03. The zero-order valence-electron chi connectivity index (χ0n) is 12.6. The number of pyridine rings is 1. The maximum Gasteiger partial charge on any atom is 0.146 e. The van der Waals surface area contributed by atoms with Gasteiger partial charge in [0.25, 0.3) is 0 Å². The second-order valence-corrected chi connectivity index (χ2v) is 5.53. The smallest absolute Gasteiger partial charge is 0.146 e. The van der Waals surface area contributed by atoms with Crippen LogP contribution in [0.3, 0.4) is 0 Å². The largest absolute Gasteiger partial charge is 0.490 e. The Morgan fingerprint density at radius 3 is 2.59 bits per heavy atom. The summed E-state index contributed by atoms with van der Waals surface area (Å²) in [5.74, 6) is 1.68. The van der Waals surface area contributed by atoms with E-state index in [1.165, 1.54) is 32.1 Å². The van der Waals surface area contributed by atoms with E-state index >= 15 is 0 Å². The van der Waals surface area contributed by atoms with Gasteiger partial charge in [-0.3, -0.25) is 5.43 Å². The highest BCUT2D eigenvalue weighted by atomic mass is 16.5. The highest BCUT2D eigenvalue weighted by molar-refractivity contribution is 5.80.